The second-order valence-electron chi connectivity index (χ2n) is 4.29. The van der Waals surface area contributed by atoms with Crippen LogP contribution in [0, 0.1) is 0 Å². The summed E-state index contributed by atoms with van der Waals surface area (Å²) >= 11 is 3.33. The van der Waals surface area contributed by atoms with Gasteiger partial charge in [0.15, 0.2) is 15.7 Å². The van der Waals surface area contributed by atoms with Crippen LogP contribution in [0.15, 0.2) is 27.8 Å². The van der Waals surface area contributed by atoms with Gasteiger partial charge in [0.05, 0.1) is 11.5 Å². The lowest BCUT2D eigenvalue weighted by Gasteiger charge is -2.30. The molecule has 0 radical (unpaired) electrons. The lowest BCUT2D eigenvalue weighted by Crippen LogP contribution is -2.41. The Morgan fingerprint density at radius 1 is 1.37 bits per heavy atom. The van der Waals surface area contributed by atoms with Gasteiger partial charge in [-0.1, -0.05) is 21.1 Å². The van der Waals surface area contributed by atoms with Gasteiger partial charge in [-0.3, -0.25) is 0 Å². The van der Waals surface area contributed by atoms with Crippen molar-refractivity contribution in [3.05, 3.63) is 28.2 Å². The van der Waals surface area contributed by atoms with Gasteiger partial charge in [-0.25, -0.2) is 8.42 Å². The van der Waals surface area contributed by atoms with Crippen LogP contribution < -0.4 is 10.6 Å². The third-order valence-electron chi connectivity index (χ3n) is 3.03. The maximum atomic E-state index is 11.4. The van der Waals surface area contributed by atoms with Crippen LogP contribution in [0.5, 0.6) is 0 Å². The molecule has 0 atom stereocenters. The van der Waals surface area contributed by atoms with Gasteiger partial charge in [0.2, 0.25) is 0 Å². The molecule has 1 aromatic rings. The second kappa shape index (κ2) is 5.38. The summed E-state index contributed by atoms with van der Waals surface area (Å²) in [6.45, 7) is 0.825. The Morgan fingerprint density at radius 2 is 2.00 bits per heavy atom. The minimum atomic E-state index is -2.93. The van der Waals surface area contributed by atoms with Crippen LogP contribution >= 0.6 is 15.9 Å². The number of halogens is 1. The summed E-state index contributed by atoms with van der Waals surface area (Å²) < 4.78 is 23.7. The van der Waals surface area contributed by atoms with Crippen molar-refractivity contribution in [1.29, 1.82) is 0 Å². The van der Waals surface area contributed by atoms with Gasteiger partial charge in [0.25, 0.3) is 0 Å². The Labute approximate surface area is 119 Å². The molecule has 1 aliphatic rings. The van der Waals surface area contributed by atoms with E-state index in [0.29, 0.717) is 18.7 Å². The molecule has 2 rings (SSSR count). The fraction of sp³-hybridized carbons (Fsp3) is 0.364. The summed E-state index contributed by atoms with van der Waals surface area (Å²) in [6.07, 6.45) is 0. The molecule has 1 heterocycles. The average Bonchev–Trinajstić information content (AvgIpc) is 2.38. The summed E-state index contributed by atoms with van der Waals surface area (Å²) in [6, 6.07) is 5.41. The topological polar surface area (TPSA) is 96.0 Å². The maximum Gasteiger partial charge on any atom is 0.172 e. The normalized spacial score (nSPS) is 19.4. The monoisotopic (exact) mass is 347 g/mol. The summed E-state index contributed by atoms with van der Waals surface area (Å²) in [4.78, 5) is 1.93. The highest BCUT2D eigenvalue weighted by Crippen LogP contribution is 2.26. The molecule has 1 aromatic carbocycles. The Hall–Kier alpha value is -1.28. The number of oxime groups is 1. The maximum absolute atomic E-state index is 11.4. The summed E-state index contributed by atoms with van der Waals surface area (Å²) in [5.41, 5.74) is 7.01. The molecule has 8 heteroatoms. The largest absolute Gasteiger partial charge is 0.409 e. The van der Waals surface area contributed by atoms with Crippen LogP contribution in [-0.4, -0.2) is 44.1 Å². The predicted octanol–water partition coefficient (Wildman–Crippen LogP) is 0.778. The van der Waals surface area contributed by atoms with E-state index in [2.05, 4.69) is 21.1 Å². The van der Waals surface area contributed by atoms with Crippen molar-refractivity contribution in [2.45, 2.75) is 0 Å². The molecule has 0 saturated carbocycles. The second-order valence-corrected chi connectivity index (χ2v) is 7.50. The van der Waals surface area contributed by atoms with Crippen LogP contribution in [0.1, 0.15) is 5.56 Å². The van der Waals surface area contributed by atoms with Crippen LogP contribution in [-0.2, 0) is 9.84 Å². The molecule has 3 N–H and O–H groups in total. The van der Waals surface area contributed by atoms with E-state index < -0.39 is 9.84 Å². The number of amidine groups is 1. The van der Waals surface area contributed by atoms with Crippen molar-refractivity contribution in [3.63, 3.8) is 0 Å². The number of rotatable bonds is 2. The van der Waals surface area contributed by atoms with Gasteiger partial charge in [-0.05, 0) is 18.2 Å². The number of hydrogen-bond acceptors (Lipinski definition) is 5. The van der Waals surface area contributed by atoms with Gasteiger partial charge in [0, 0.05) is 28.8 Å². The van der Waals surface area contributed by atoms with Gasteiger partial charge >= 0.3 is 0 Å². The Kier molecular flexibility index (Phi) is 4.00. The highest BCUT2D eigenvalue weighted by molar-refractivity contribution is 9.10. The molecule has 0 aliphatic carbocycles. The predicted molar refractivity (Wildman–Crippen MR) is 77.5 cm³/mol. The number of nitrogens with two attached hydrogens (primary N) is 1. The number of anilines is 1. The molecule has 104 valence electrons. The van der Waals surface area contributed by atoms with E-state index in [9.17, 15) is 8.42 Å². The van der Waals surface area contributed by atoms with E-state index >= 15 is 0 Å². The van der Waals surface area contributed by atoms with Gasteiger partial charge in [0.1, 0.15) is 0 Å². The molecular weight excluding hydrogens is 334 g/mol. The molecule has 1 fully saturated rings. The van der Waals surface area contributed by atoms with E-state index in [1.54, 1.807) is 6.07 Å². The lowest BCUT2D eigenvalue weighted by atomic mass is 10.1. The van der Waals surface area contributed by atoms with E-state index in [0.717, 1.165) is 10.2 Å². The zero-order chi connectivity index (χ0) is 14.0. The van der Waals surface area contributed by atoms with Crippen molar-refractivity contribution in [1.82, 2.24) is 0 Å². The average molecular weight is 348 g/mol. The van der Waals surface area contributed by atoms with E-state index in [-0.39, 0.29) is 17.3 Å². The van der Waals surface area contributed by atoms with Gasteiger partial charge < -0.3 is 15.8 Å². The third-order valence-corrected chi connectivity index (χ3v) is 5.13. The number of sulfone groups is 1. The van der Waals surface area contributed by atoms with Crippen LogP contribution in [0.3, 0.4) is 0 Å². The molecular formula is C11H14BrN3O3S. The molecule has 0 aromatic heterocycles. The van der Waals surface area contributed by atoms with Crippen molar-refractivity contribution in [3.8, 4) is 0 Å². The lowest BCUT2D eigenvalue weighted by molar-refractivity contribution is 0.318. The summed E-state index contributed by atoms with van der Waals surface area (Å²) in [5.74, 6) is 0.252. The molecule has 0 unspecified atom stereocenters. The first-order valence-corrected chi connectivity index (χ1v) is 8.27. The SMILES string of the molecule is N/C(=N/O)c1cc(Br)ccc1N1CCS(=O)(=O)CC1. The first-order chi connectivity index (χ1) is 8.93. The summed E-state index contributed by atoms with van der Waals surface area (Å²) in [5, 5.41) is 11.8. The number of benzene rings is 1. The number of hydrogen-bond donors (Lipinski definition) is 2. The van der Waals surface area contributed by atoms with Gasteiger partial charge in [-0.15, -0.1) is 0 Å². The summed E-state index contributed by atoms with van der Waals surface area (Å²) in [7, 11) is -2.93. The molecule has 0 bridgehead atoms. The Morgan fingerprint density at radius 3 is 2.58 bits per heavy atom. The standard InChI is InChI=1S/C11H14BrN3O3S/c12-8-1-2-10(9(7-8)11(13)14-16)15-3-5-19(17,18)6-4-15/h1-2,7,16H,3-6H2,(H2,13,14). The zero-order valence-electron chi connectivity index (χ0n) is 10.1. The molecule has 1 aliphatic heterocycles. The first-order valence-electron chi connectivity index (χ1n) is 5.66. The van der Waals surface area contributed by atoms with E-state index in [1.165, 1.54) is 0 Å². The zero-order valence-corrected chi connectivity index (χ0v) is 12.5. The van der Waals surface area contributed by atoms with Gasteiger partial charge in [-0.2, -0.15) is 0 Å². The van der Waals surface area contributed by atoms with E-state index in [4.69, 9.17) is 10.9 Å². The van der Waals surface area contributed by atoms with Crippen molar-refractivity contribution in [2.75, 3.05) is 29.5 Å². The minimum absolute atomic E-state index is 0.00438. The quantitative estimate of drug-likeness (QED) is 0.356. The van der Waals surface area contributed by atoms with Crippen LogP contribution in [0.25, 0.3) is 0 Å². The van der Waals surface area contributed by atoms with Crippen molar-refractivity contribution >= 4 is 37.3 Å². The highest BCUT2D eigenvalue weighted by atomic mass is 79.9. The molecule has 0 amide bonds. The van der Waals surface area contributed by atoms with E-state index in [1.807, 2.05) is 17.0 Å². The van der Waals surface area contributed by atoms with Crippen LogP contribution in [0.2, 0.25) is 0 Å². The van der Waals surface area contributed by atoms with Crippen molar-refractivity contribution < 1.29 is 13.6 Å². The number of nitrogens with zero attached hydrogens (tertiary/aromatic N) is 2. The third kappa shape index (κ3) is 3.19. The molecule has 0 spiro atoms. The first kappa shape index (κ1) is 14.1. The molecule has 1 saturated heterocycles. The molecule has 6 nitrogen and oxygen atoms in total. The Balaban J connectivity index is 2.35. The molecule has 19 heavy (non-hydrogen) atoms. The fourth-order valence-corrected chi connectivity index (χ4v) is 3.56. The van der Waals surface area contributed by atoms with Crippen LogP contribution in [0.4, 0.5) is 5.69 Å². The van der Waals surface area contributed by atoms with Crippen molar-refractivity contribution in [2.24, 2.45) is 10.9 Å². The highest BCUT2D eigenvalue weighted by Gasteiger charge is 2.24. The smallest absolute Gasteiger partial charge is 0.172 e. The Bertz CT molecular complexity index is 602. The minimum Gasteiger partial charge on any atom is -0.409 e. The fourth-order valence-electron chi connectivity index (χ4n) is 2.00.